The highest BCUT2D eigenvalue weighted by molar-refractivity contribution is 5.02. The summed E-state index contributed by atoms with van der Waals surface area (Å²) in [4.78, 5) is 0. The van der Waals surface area contributed by atoms with Gasteiger partial charge < -0.3 is 5.11 Å². The molecule has 3 nitrogen and oxygen atoms in total. The number of nitrogens with zero attached hydrogens (tertiary/aromatic N) is 2. The van der Waals surface area contributed by atoms with E-state index in [-0.39, 0.29) is 11.5 Å². The van der Waals surface area contributed by atoms with Crippen molar-refractivity contribution >= 4 is 0 Å². The van der Waals surface area contributed by atoms with Gasteiger partial charge in [0.25, 0.3) is 0 Å². The first-order chi connectivity index (χ1) is 7.00. The maximum Gasteiger partial charge on any atom is 0.0597 e. The SMILES string of the molecule is Cc1ccnn1C1CC(O)CCC1(C)C. The van der Waals surface area contributed by atoms with Crippen molar-refractivity contribution in [1.29, 1.82) is 0 Å². The molecule has 0 bridgehead atoms. The van der Waals surface area contributed by atoms with Crippen LogP contribution in [-0.4, -0.2) is 21.0 Å². The zero-order valence-corrected chi connectivity index (χ0v) is 9.77. The van der Waals surface area contributed by atoms with E-state index in [0.29, 0.717) is 6.04 Å². The van der Waals surface area contributed by atoms with E-state index in [4.69, 9.17) is 0 Å². The molecule has 1 saturated carbocycles. The molecule has 2 rings (SSSR count). The van der Waals surface area contributed by atoms with Gasteiger partial charge in [-0.1, -0.05) is 13.8 Å². The van der Waals surface area contributed by atoms with Crippen LogP contribution in [-0.2, 0) is 0 Å². The van der Waals surface area contributed by atoms with Crippen LogP contribution in [0.15, 0.2) is 12.3 Å². The number of aryl methyl sites for hydroxylation is 1. The number of aliphatic hydroxyl groups is 1. The Labute approximate surface area is 91.1 Å². The summed E-state index contributed by atoms with van der Waals surface area (Å²) in [5.41, 5.74) is 1.41. The maximum absolute atomic E-state index is 9.76. The van der Waals surface area contributed by atoms with Crippen molar-refractivity contribution in [3.63, 3.8) is 0 Å². The molecule has 0 radical (unpaired) electrons. The summed E-state index contributed by atoms with van der Waals surface area (Å²) in [7, 11) is 0. The molecule has 2 unspecified atom stereocenters. The van der Waals surface area contributed by atoms with E-state index in [0.717, 1.165) is 19.3 Å². The molecule has 0 amide bonds. The molecule has 1 aliphatic rings. The van der Waals surface area contributed by atoms with Crippen molar-refractivity contribution in [2.75, 3.05) is 0 Å². The fourth-order valence-corrected chi connectivity index (χ4v) is 2.54. The lowest BCUT2D eigenvalue weighted by atomic mass is 9.72. The van der Waals surface area contributed by atoms with Gasteiger partial charge in [0.15, 0.2) is 0 Å². The topological polar surface area (TPSA) is 38.0 Å². The Hall–Kier alpha value is -0.830. The van der Waals surface area contributed by atoms with E-state index in [1.165, 1.54) is 5.69 Å². The van der Waals surface area contributed by atoms with Crippen molar-refractivity contribution < 1.29 is 5.11 Å². The molecule has 1 fully saturated rings. The minimum Gasteiger partial charge on any atom is -0.393 e. The normalized spacial score (nSPS) is 30.4. The van der Waals surface area contributed by atoms with E-state index >= 15 is 0 Å². The molecule has 0 spiro atoms. The molecule has 1 N–H and O–H groups in total. The predicted octanol–water partition coefficient (Wildman–Crippen LogP) is 2.30. The van der Waals surface area contributed by atoms with E-state index in [2.05, 4.69) is 30.6 Å². The van der Waals surface area contributed by atoms with Crippen molar-refractivity contribution in [2.45, 2.75) is 52.2 Å². The molecule has 0 aliphatic heterocycles. The second-order valence-corrected chi connectivity index (χ2v) is 5.35. The van der Waals surface area contributed by atoms with E-state index in [1.54, 1.807) is 0 Å². The van der Waals surface area contributed by atoms with Gasteiger partial charge in [0.2, 0.25) is 0 Å². The maximum atomic E-state index is 9.76. The highest BCUT2D eigenvalue weighted by Crippen LogP contribution is 2.43. The third-order valence-corrected chi connectivity index (χ3v) is 3.68. The van der Waals surface area contributed by atoms with Gasteiger partial charge in [0.05, 0.1) is 12.1 Å². The van der Waals surface area contributed by atoms with Crippen LogP contribution < -0.4 is 0 Å². The Morgan fingerprint density at radius 1 is 1.53 bits per heavy atom. The smallest absolute Gasteiger partial charge is 0.0597 e. The summed E-state index contributed by atoms with van der Waals surface area (Å²) < 4.78 is 2.07. The molecule has 1 aromatic rings. The molecule has 15 heavy (non-hydrogen) atoms. The molecule has 1 aromatic heterocycles. The Bertz CT molecular complexity index is 343. The fraction of sp³-hybridized carbons (Fsp3) is 0.750. The largest absolute Gasteiger partial charge is 0.393 e. The highest BCUT2D eigenvalue weighted by Gasteiger charge is 2.37. The van der Waals surface area contributed by atoms with Crippen molar-refractivity contribution in [1.82, 2.24) is 9.78 Å². The lowest BCUT2D eigenvalue weighted by Crippen LogP contribution is -2.36. The Kier molecular flexibility index (Phi) is 2.59. The van der Waals surface area contributed by atoms with E-state index < -0.39 is 0 Å². The first kappa shape index (κ1) is 10.7. The van der Waals surface area contributed by atoms with Gasteiger partial charge in [0, 0.05) is 11.9 Å². The minimum atomic E-state index is -0.161. The zero-order valence-electron chi connectivity index (χ0n) is 9.77. The van der Waals surface area contributed by atoms with Crippen molar-refractivity contribution in [3.8, 4) is 0 Å². The quantitative estimate of drug-likeness (QED) is 0.769. The lowest BCUT2D eigenvalue weighted by molar-refractivity contribution is 0.0284. The van der Waals surface area contributed by atoms with Gasteiger partial charge in [0.1, 0.15) is 0 Å². The number of hydrogen-bond acceptors (Lipinski definition) is 2. The minimum absolute atomic E-state index is 0.161. The molecule has 0 saturated heterocycles. The standard InChI is InChI=1S/C12H20N2O/c1-9-5-7-13-14(9)11-8-10(15)4-6-12(11,2)3/h5,7,10-11,15H,4,6,8H2,1-3H3. The molecule has 84 valence electrons. The first-order valence-corrected chi connectivity index (χ1v) is 5.69. The Morgan fingerprint density at radius 2 is 2.27 bits per heavy atom. The fourth-order valence-electron chi connectivity index (χ4n) is 2.54. The second kappa shape index (κ2) is 3.63. The van der Waals surface area contributed by atoms with E-state index in [1.807, 2.05) is 12.3 Å². The monoisotopic (exact) mass is 208 g/mol. The number of aliphatic hydroxyl groups excluding tert-OH is 1. The van der Waals surface area contributed by atoms with Gasteiger partial charge >= 0.3 is 0 Å². The van der Waals surface area contributed by atoms with Crippen LogP contribution in [0, 0.1) is 12.3 Å². The van der Waals surface area contributed by atoms with Crippen LogP contribution >= 0.6 is 0 Å². The average Bonchev–Trinajstić information content (AvgIpc) is 2.56. The Balaban J connectivity index is 2.29. The summed E-state index contributed by atoms with van der Waals surface area (Å²) in [6, 6.07) is 2.35. The summed E-state index contributed by atoms with van der Waals surface area (Å²) >= 11 is 0. The molecule has 1 aliphatic carbocycles. The molecular formula is C12H20N2O. The summed E-state index contributed by atoms with van der Waals surface area (Å²) in [6.45, 7) is 6.61. The van der Waals surface area contributed by atoms with Gasteiger partial charge in [-0.15, -0.1) is 0 Å². The predicted molar refractivity (Wildman–Crippen MR) is 59.6 cm³/mol. The molecule has 0 aromatic carbocycles. The summed E-state index contributed by atoms with van der Waals surface area (Å²) in [5.74, 6) is 0. The van der Waals surface area contributed by atoms with Gasteiger partial charge in [-0.3, -0.25) is 4.68 Å². The number of hydrogen-bond donors (Lipinski definition) is 1. The average molecular weight is 208 g/mol. The number of aromatic nitrogens is 2. The van der Waals surface area contributed by atoms with Crippen LogP contribution in [0.2, 0.25) is 0 Å². The number of rotatable bonds is 1. The van der Waals surface area contributed by atoms with Crippen LogP contribution in [0.3, 0.4) is 0 Å². The van der Waals surface area contributed by atoms with Gasteiger partial charge in [-0.2, -0.15) is 5.10 Å². The van der Waals surface area contributed by atoms with Crippen LogP contribution in [0.1, 0.15) is 44.8 Å². The molecule has 3 heteroatoms. The molecular weight excluding hydrogens is 188 g/mol. The lowest BCUT2D eigenvalue weighted by Gasteiger charge is -2.41. The summed E-state index contributed by atoms with van der Waals surface area (Å²) in [6.07, 6.45) is 4.50. The Morgan fingerprint density at radius 3 is 2.87 bits per heavy atom. The van der Waals surface area contributed by atoms with Crippen LogP contribution in [0.25, 0.3) is 0 Å². The third-order valence-electron chi connectivity index (χ3n) is 3.68. The molecule has 2 atom stereocenters. The molecule has 1 heterocycles. The highest BCUT2D eigenvalue weighted by atomic mass is 16.3. The first-order valence-electron chi connectivity index (χ1n) is 5.69. The van der Waals surface area contributed by atoms with E-state index in [9.17, 15) is 5.11 Å². The zero-order chi connectivity index (χ0) is 11.1. The van der Waals surface area contributed by atoms with Crippen molar-refractivity contribution in [2.24, 2.45) is 5.41 Å². The third kappa shape index (κ3) is 1.93. The second-order valence-electron chi connectivity index (χ2n) is 5.35. The van der Waals surface area contributed by atoms with Gasteiger partial charge in [-0.25, -0.2) is 0 Å². The van der Waals surface area contributed by atoms with Crippen LogP contribution in [0.5, 0.6) is 0 Å². The van der Waals surface area contributed by atoms with Gasteiger partial charge in [-0.05, 0) is 37.7 Å². The van der Waals surface area contributed by atoms with Crippen LogP contribution in [0.4, 0.5) is 0 Å². The summed E-state index contributed by atoms with van der Waals surface area (Å²) in [5, 5.41) is 14.1. The van der Waals surface area contributed by atoms with Crippen molar-refractivity contribution in [3.05, 3.63) is 18.0 Å².